The minimum absolute atomic E-state index is 0.0127. The number of piperidine rings is 1. The summed E-state index contributed by atoms with van der Waals surface area (Å²) in [5.41, 5.74) is 3.00. The first-order valence-electron chi connectivity index (χ1n) is 13.5. The van der Waals surface area contributed by atoms with Crippen LogP contribution in [0.3, 0.4) is 0 Å². The number of rotatable bonds is 7. The van der Waals surface area contributed by atoms with Crippen LogP contribution in [0.4, 0.5) is 17.3 Å². The molecule has 2 aliphatic rings. The van der Waals surface area contributed by atoms with Crippen molar-refractivity contribution in [3.05, 3.63) is 72.1 Å². The Morgan fingerprint density at radius 3 is 2.27 bits per heavy atom. The lowest BCUT2D eigenvalue weighted by atomic mass is 9.94. The Bertz CT molecular complexity index is 1550. The number of amides is 3. The second kappa shape index (κ2) is 11.7. The molecule has 5 rings (SSSR count). The highest BCUT2D eigenvalue weighted by Gasteiger charge is 2.38. The second-order valence-corrected chi connectivity index (χ2v) is 12.2. The van der Waals surface area contributed by atoms with Gasteiger partial charge in [0.2, 0.25) is 23.7 Å². The van der Waals surface area contributed by atoms with Crippen molar-refractivity contribution in [1.29, 1.82) is 0 Å². The maximum absolute atomic E-state index is 13.2. The minimum Gasteiger partial charge on any atom is -0.342 e. The number of anilines is 3. The zero-order valence-corrected chi connectivity index (χ0v) is 23.7. The Labute approximate surface area is 239 Å². The minimum atomic E-state index is -3.89. The van der Waals surface area contributed by atoms with E-state index in [-0.39, 0.29) is 40.9 Å². The summed E-state index contributed by atoms with van der Waals surface area (Å²) in [6.45, 7) is 4.96. The predicted octanol–water partition coefficient (Wildman–Crippen LogP) is 3.12. The van der Waals surface area contributed by atoms with Crippen molar-refractivity contribution >= 4 is 45.1 Å². The van der Waals surface area contributed by atoms with Crippen LogP contribution in [0.25, 0.3) is 0 Å². The Balaban J connectivity index is 1.12. The van der Waals surface area contributed by atoms with Crippen molar-refractivity contribution in [3.8, 4) is 0 Å². The van der Waals surface area contributed by atoms with Gasteiger partial charge in [-0.15, -0.1) is 0 Å². The van der Waals surface area contributed by atoms with Crippen LogP contribution >= 0.6 is 0 Å². The summed E-state index contributed by atoms with van der Waals surface area (Å²) in [6.07, 6.45) is 2.67. The van der Waals surface area contributed by atoms with Crippen LogP contribution in [0, 0.1) is 25.7 Å². The van der Waals surface area contributed by atoms with Crippen molar-refractivity contribution in [3.63, 3.8) is 0 Å². The summed E-state index contributed by atoms with van der Waals surface area (Å²) in [5, 5.41) is 2.85. The van der Waals surface area contributed by atoms with Crippen LogP contribution in [-0.2, 0) is 24.4 Å². The Hall–Kier alpha value is -4.32. The molecule has 0 saturated carbocycles. The molecule has 0 spiro atoms. The molecule has 0 bridgehead atoms. The number of benzene rings is 2. The van der Waals surface area contributed by atoms with E-state index in [9.17, 15) is 22.8 Å². The first kappa shape index (κ1) is 28.2. The Kier molecular flexibility index (Phi) is 8.02. The quantitative estimate of drug-likeness (QED) is 0.440. The number of carbonyl (C=O) groups excluding carboxylic acids is 3. The molecule has 3 heterocycles. The molecule has 2 saturated heterocycles. The number of aromatic nitrogens is 2. The molecule has 41 heavy (non-hydrogen) atoms. The van der Waals surface area contributed by atoms with E-state index in [1.807, 2.05) is 31.2 Å². The van der Waals surface area contributed by atoms with Gasteiger partial charge in [-0.25, -0.2) is 23.1 Å². The van der Waals surface area contributed by atoms with Gasteiger partial charge in [0.15, 0.2) is 0 Å². The molecule has 214 valence electrons. The third-order valence-electron chi connectivity index (χ3n) is 7.45. The Morgan fingerprint density at radius 1 is 0.927 bits per heavy atom. The zero-order chi connectivity index (χ0) is 29.1. The SMILES string of the molecule is Cc1ccc(N2CC(C(=O)N3CCC(C(=O)Nc4ccc(S(=O)(=O)Nc5nccc(C)n5)cc4)CC3)CC2=O)cc1. The van der Waals surface area contributed by atoms with Gasteiger partial charge in [-0.3, -0.25) is 14.4 Å². The number of nitrogens with zero attached hydrogens (tertiary/aromatic N) is 4. The number of nitrogens with one attached hydrogen (secondary N) is 2. The summed E-state index contributed by atoms with van der Waals surface area (Å²) in [5.74, 6) is -0.975. The largest absolute Gasteiger partial charge is 0.342 e. The fourth-order valence-electron chi connectivity index (χ4n) is 5.11. The topological polar surface area (TPSA) is 142 Å². The van der Waals surface area contributed by atoms with Crippen molar-refractivity contribution in [2.24, 2.45) is 11.8 Å². The van der Waals surface area contributed by atoms with Crippen molar-refractivity contribution in [2.75, 3.05) is 34.6 Å². The van der Waals surface area contributed by atoms with Gasteiger partial charge in [0, 0.05) is 55.2 Å². The van der Waals surface area contributed by atoms with Crippen LogP contribution in [0.5, 0.6) is 0 Å². The molecule has 1 aromatic heterocycles. The summed E-state index contributed by atoms with van der Waals surface area (Å²) < 4.78 is 27.7. The van der Waals surface area contributed by atoms with E-state index in [0.717, 1.165) is 11.3 Å². The van der Waals surface area contributed by atoms with E-state index in [1.165, 1.54) is 30.5 Å². The van der Waals surface area contributed by atoms with Gasteiger partial charge in [-0.2, -0.15) is 0 Å². The first-order valence-corrected chi connectivity index (χ1v) is 15.0. The van der Waals surface area contributed by atoms with E-state index in [2.05, 4.69) is 20.0 Å². The average molecular weight is 577 g/mol. The summed E-state index contributed by atoms with van der Waals surface area (Å²) >= 11 is 0. The standard InChI is InChI=1S/C29H32N6O5S/c1-19-3-7-24(8-4-19)35-18-22(17-26(35)36)28(38)34-15-12-21(13-16-34)27(37)32-23-5-9-25(10-6-23)41(39,40)33-29-30-14-11-20(2)31-29/h3-11,14,21-22H,12-13,15-18H2,1-2H3,(H,32,37)(H,30,31,33). The fourth-order valence-corrected chi connectivity index (χ4v) is 6.06. The first-order chi connectivity index (χ1) is 19.6. The van der Waals surface area contributed by atoms with Gasteiger partial charge in [-0.1, -0.05) is 17.7 Å². The normalized spacial score (nSPS) is 17.9. The monoisotopic (exact) mass is 576 g/mol. The van der Waals surface area contributed by atoms with Gasteiger partial charge in [0.1, 0.15) is 0 Å². The van der Waals surface area contributed by atoms with Gasteiger partial charge in [-0.05, 0) is 69.2 Å². The molecule has 12 heteroatoms. The highest BCUT2D eigenvalue weighted by Crippen LogP contribution is 2.28. The molecule has 3 amide bonds. The number of hydrogen-bond acceptors (Lipinski definition) is 7. The number of carbonyl (C=O) groups is 3. The smallest absolute Gasteiger partial charge is 0.264 e. The molecular formula is C29H32N6O5S. The fraction of sp³-hybridized carbons (Fsp3) is 0.345. The van der Waals surface area contributed by atoms with Crippen LogP contribution in [-0.4, -0.2) is 60.6 Å². The summed E-state index contributed by atoms with van der Waals surface area (Å²) in [4.78, 5) is 50.1. The molecule has 1 unspecified atom stereocenters. The third-order valence-corrected chi connectivity index (χ3v) is 8.79. The molecular weight excluding hydrogens is 544 g/mol. The van der Waals surface area contributed by atoms with Crippen molar-refractivity contribution in [2.45, 2.75) is 38.0 Å². The lowest BCUT2D eigenvalue weighted by molar-refractivity contribution is -0.138. The van der Waals surface area contributed by atoms with Crippen LogP contribution in [0.15, 0.2) is 65.7 Å². The number of likely N-dealkylation sites (tertiary alicyclic amines) is 1. The lowest BCUT2D eigenvalue weighted by Gasteiger charge is -2.33. The molecule has 11 nitrogen and oxygen atoms in total. The van der Waals surface area contributed by atoms with Crippen molar-refractivity contribution < 1.29 is 22.8 Å². The molecule has 2 aliphatic heterocycles. The maximum Gasteiger partial charge on any atom is 0.264 e. The van der Waals surface area contributed by atoms with Crippen LogP contribution in [0.2, 0.25) is 0 Å². The number of sulfonamides is 1. The number of aryl methyl sites for hydroxylation is 2. The van der Waals surface area contributed by atoms with E-state index >= 15 is 0 Å². The summed E-state index contributed by atoms with van der Waals surface area (Å²) in [6, 6.07) is 15.2. The van der Waals surface area contributed by atoms with Gasteiger partial charge < -0.3 is 15.1 Å². The summed E-state index contributed by atoms with van der Waals surface area (Å²) in [7, 11) is -3.89. The van der Waals surface area contributed by atoms with Gasteiger partial charge in [0.05, 0.1) is 10.8 Å². The molecule has 0 radical (unpaired) electrons. The van der Waals surface area contributed by atoms with E-state index in [0.29, 0.717) is 43.9 Å². The highest BCUT2D eigenvalue weighted by atomic mass is 32.2. The molecule has 2 fully saturated rings. The van der Waals surface area contributed by atoms with E-state index < -0.39 is 15.9 Å². The maximum atomic E-state index is 13.2. The van der Waals surface area contributed by atoms with E-state index in [1.54, 1.807) is 22.8 Å². The Morgan fingerprint density at radius 2 is 1.61 bits per heavy atom. The second-order valence-electron chi connectivity index (χ2n) is 10.5. The van der Waals surface area contributed by atoms with Crippen molar-refractivity contribution in [1.82, 2.24) is 14.9 Å². The number of hydrogen-bond donors (Lipinski definition) is 2. The highest BCUT2D eigenvalue weighted by molar-refractivity contribution is 7.92. The zero-order valence-electron chi connectivity index (χ0n) is 22.9. The molecule has 1 atom stereocenters. The molecule has 3 aromatic rings. The van der Waals surface area contributed by atoms with Gasteiger partial charge >= 0.3 is 0 Å². The average Bonchev–Trinajstić information content (AvgIpc) is 3.34. The lowest BCUT2D eigenvalue weighted by Crippen LogP contribution is -2.44. The molecule has 2 N–H and O–H groups in total. The predicted molar refractivity (Wildman–Crippen MR) is 154 cm³/mol. The van der Waals surface area contributed by atoms with Crippen LogP contribution < -0.4 is 14.9 Å². The molecule has 0 aliphatic carbocycles. The third kappa shape index (κ3) is 6.54. The van der Waals surface area contributed by atoms with Gasteiger partial charge in [0.25, 0.3) is 10.0 Å². The molecule has 2 aromatic carbocycles. The van der Waals surface area contributed by atoms with E-state index in [4.69, 9.17) is 0 Å². The van der Waals surface area contributed by atoms with Crippen LogP contribution in [0.1, 0.15) is 30.5 Å².